The monoisotopic (exact) mass is 281 g/mol. The molecule has 1 aliphatic heterocycles. The molecule has 2 aromatic rings. The Morgan fingerprint density at radius 2 is 1.95 bits per heavy atom. The predicted molar refractivity (Wildman–Crippen MR) is 86.1 cm³/mol. The van der Waals surface area contributed by atoms with Crippen molar-refractivity contribution in [2.45, 2.75) is 37.8 Å². The first kappa shape index (κ1) is 13.3. The highest BCUT2D eigenvalue weighted by Crippen LogP contribution is 2.40. The summed E-state index contributed by atoms with van der Waals surface area (Å²) in [5.74, 6) is 1.65. The Hall–Kier alpha value is -1.38. The van der Waals surface area contributed by atoms with Crippen molar-refractivity contribution in [2.75, 3.05) is 6.54 Å². The van der Waals surface area contributed by atoms with Crippen LogP contribution >= 0.6 is 0 Å². The number of aliphatic hydroxyl groups excluding tert-OH is 1. The topological polar surface area (TPSA) is 32.3 Å². The molecule has 0 spiro atoms. The van der Waals surface area contributed by atoms with Crippen molar-refractivity contribution in [3.63, 3.8) is 0 Å². The Kier molecular flexibility index (Phi) is 3.44. The second-order valence-electron chi connectivity index (χ2n) is 6.73. The van der Waals surface area contributed by atoms with Crippen molar-refractivity contribution >= 4 is 10.8 Å². The van der Waals surface area contributed by atoms with Gasteiger partial charge in [0.1, 0.15) is 0 Å². The molecule has 4 unspecified atom stereocenters. The molecule has 0 aromatic heterocycles. The van der Waals surface area contributed by atoms with Crippen molar-refractivity contribution < 1.29 is 5.11 Å². The van der Waals surface area contributed by atoms with Gasteiger partial charge in [-0.05, 0) is 60.0 Å². The SMILES string of the molecule is OC(CC1NCC2CCCC21)c1ccc2ccccc2c1. The molecule has 110 valence electrons. The van der Waals surface area contributed by atoms with Gasteiger partial charge in [-0.2, -0.15) is 0 Å². The standard InChI is InChI=1S/C19H23NO/c21-19(11-18-17-7-3-6-16(17)12-20-18)15-9-8-13-4-1-2-5-14(13)10-15/h1-2,4-5,8-10,16-21H,3,6-7,11-12H2. The van der Waals surface area contributed by atoms with Crippen LogP contribution < -0.4 is 5.32 Å². The number of benzene rings is 2. The second-order valence-corrected chi connectivity index (χ2v) is 6.73. The van der Waals surface area contributed by atoms with Gasteiger partial charge in [0.2, 0.25) is 0 Å². The molecule has 21 heavy (non-hydrogen) atoms. The molecule has 1 heterocycles. The van der Waals surface area contributed by atoms with E-state index in [0.29, 0.717) is 6.04 Å². The van der Waals surface area contributed by atoms with Crippen molar-refractivity contribution in [1.29, 1.82) is 0 Å². The van der Waals surface area contributed by atoms with Crippen LogP contribution in [-0.4, -0.2) is 17.7 Å². The summed E-state index contributed by atoms with van der Waals surface area (Å²) in [4.78, 5) is 0. The van der Waals surface area contributed by atoms with Crippen LogP contribution in [0.25, 0.3) is 10.8 Å². The molecule has 4 rings (SSSR count). The molecule has 2 N–H and O–H groups in total. The van der Waals surface area contributed by atoms with Crippen LogP contribution in [-0.2, 0) is 0 Å². The Balaban J connectivity index is 1.52. The van der Waals surface area contributed by atoms with Crippen molar-refractivity contribution in [3.8, 4) is 0 Å². The molecular weight excluding hydrogens is 258 g/mol. The summed E-state index contributed by atoms with van der Waals surface area (Å²) in [6.45, 7) is 1.15. The molecule has 2 heteroatoms. The van der Waals surface area contributed by atoms with E-state index in [2.05, 4.69) is 47.8 Å². The summed E-state index contributed by atoms with van der Waals surface area (Å²) in [5.41, 5.74) is 1.05. The fourth-order valence-corrected chi connectivity index (χ4v) is 4.35. The molecular formula is C19H23NO. The quantitative estimate of drug-likeness (QED) is 0.900. The minimum atomic E-state index is -0.355. The Morgan fingerprint density at radius 3 is 2.86 bits per heavy atom. The van der Waals surface area contributed by atoms with Gasteiger partial charge >= 0.3 is 0 Å². The van der Waals surface area contributed by atoms with Gasteiger partial charge in [-0.3, -0.25) is 0 Å². The van der Waals surface area contributed by atoms with Gasteiger partial charge in [-0.25, -0.2) is 0 Å². The molecule has 2 nitrogen and oxygen atoms in total. The molecule has 1 aliphatic carbocycles. The van der Waals surface area contributed by atoms with E-state index in [1.807, 2.05) is 0 Å². The lowest BCUT2D eigenvalue weighted by molar-refractivity contribution is 0.145. The molecule has 4 atom stereocenters. The van der Waals surface area contributed by atoms with Gasteiger partial charge in [0.15, 0.2) is 0 Å². The van der Waals surface area contributed by atoms with Crippen LogP contribution in [0.3, 0.4) is 0 Å². The lowest BCUT2D eigenvalue weighted by atomic mass is 9.89. The lowest BCUT2D eigenvalue weighted by Gasteiger charge is -2.22. The van der Waals surface area contributed by atoms with Gasteiger partial charge in [0.05, 0.1) is 6.10 Å². The van der Waals surface area contributed by atoms with E-state index in [9.17, 15) is 5.11 Å². The van der Waals surface area contributed by atoms with Crippen LogP contribution in [0.5, 0.6) is 0 Å². The maximum Gasteiger partial charge on any atom is 0.0805 e. The van der Waals surface area contributed by atoms with Gasteiger partial charge < -0.3 is 10.4 Å². The molecule has 0 bridgehead atoms. The number of rotatable bonds is 3. The maximum atomic E-state index is 10.6. The van der Waals surface area contributed by atoms with Gasteiger partial charge in [0.25, 0.3) is 0 Å². The van der Waals surface area contributed by atoms with Crippen LogP contribution in [0.2, 0.25) is 0 Å². The molecule has 1 saturated heterocycles. The minimum Gasteiger partial charge on any atom is -0.388 e. The summed E-state index contributed by atoms with van der Waals surface area (Å²) in [7, 11) is 0. The van der Waals surface area contributed by atoms with E-state index in [1.54, 1.807) is 0 Å². The van der Waals surface area contributed by atoms with Crippen LogP contribution in [0.1, 0.15) is 37.4 Å². The molecule has 0 radical (unpaired) electrons. The van der Waals surface area contributed by atoms with E-state index >= 15 is 0 Å². The minimum absolute atomic E-state index is 0.355. The fourth-order valence-electron chi connectivity index (χ4n) is 4.35. The van der Waals surface area contributed by atoms with Gasteiger partial charge in [-0.15, -0.1) is 0 Å². The third kappa shape index (κ3) is 2.47. The van der Waals surface area contributed by atoms with E-state index in [0.717, 1.165) is 30.4 Å². The Labute approximate surface area is 126 Å². The average Bonchev–Trinajstić information content (AvgIpc) is 3.12. The number of hydrogen-bond acceptors (Lipinski definition) is 2. The summed E-state index contributed by atoms with van der Waals surface area (Å²) in [5, 5.41) is 16.7. The van der Waals surface area contributed by atoms with Crippen molar-refractivity contribution in [2.24, 2.45) is 11.8 Å². The third-order valence-corrected chi connectivity index (χ3v) is 5.51. The zero-order valence-electron chi connectivity index (χ0n) is 12.3. The van der Waals surface area contributed by atoms with E-state index in [-0.39, 0.29) is 6.10 Å². The first-order valence-corrected chi connectivity index (χ1v) is 8.21. The number of aliphatic hydroxyl groups is 1. The zero-order chi connectivity index (χ0) is 14.2. The summed E-state index contributed by atoms with van der Waals surface area (Å²) in [6, 6.07) is 15.2. The fraction of sp³-hybridized carbons (Fsp3) is 0.474. The first-order valence-electron chi connectivity index (χ1n) is 8.21. The highest BCUT2D eigenvalue weighted by atomic mass is 16.3. The molecule has 2 aromatic carbocycles. The molecule has 0 amide bonds. The average molecular weight is 281 g/mol. The van der Waals surface area contributed by atoms with Crippen LogP contribution in [0, 0.1) is 11.8 Å². The lowest BCUT2D eigenvalue weighted by Crippen LogP contribution is -2.28. The van der Waals surface area contributed by atoms with Gasteiger partial charge in [0, 0.05) is 6.04 Å². The van der Waals surface area contributed by atoms with Crippen molar-refractivity contribution in [1.82, 2.24) is 5.32 Å². The summed E-state index contributed by atoms with van der Waals surface area (Å²) in [6.07, 6.45) is 4.58. The van der Waals surface area contributed by atoms with E-state index in [4.69, 9.17) is 0 Å². The van der Waals surface area contributed by atoms with Crippen LogP contribution in [0.4, 0.5) is 0 Å². The molecule has 2 aliphatic rings. The third-order valence-electron chi connectivity index (χ3n) is 5.51. The summed E-state index contributed by atoms with van der Waals surface area (Å²) < 4.78 is 0. The number of hydrogen-bond donors (Lipinski definition) is 2. The van der Waals surface area contributed by atoms with E-state index in [1.165, 1.54) is 30.0 Å². The number of fused-ring (bicyclic) bond motifs is 2. The number of nitrogens with one attached hydrogen (secondary N) is 1. The normalized spacial score (nSPS) is 29.7. The van der Waals surface area contributed by atoms with Gasteiger partial charge in [-0.1, -0.05) is 42.8 Å². The summed E-state index contributed by atoms with van der Waals surface area (Å²) >= 11 is 0. The highest BCUT2D eigenvalue weighted by Gasteiger charge is 2.39. The van der Waals surface area contributed by atoms with Crippen LogP contribution in [0.15, 0.2) is 42.5 Å². The smallest absolute Gasteiger partial charge is 0.0805 e. The Morgan fingerprint density at radius 1 is 1.10 bits per heavy atom. The van der Waals surface area contributed by atoms with Crippen molar-refractivity contribution in [3.05, 3.63) is 48.0 Å². The van der Waals surface area contributed by atoms with E-state index < -0.39 is 0 Å². The molecule has 1 saturated carbocycles. The predicted octanol–water partition coefficient (Wildman–Crippen LogP) is 3.65. The zero-order valence-corrected chi connectivity index (χ0v) is 12.3. The Bertz CT molecular complexity index is 638. The highest BCUT2D eigenvalue weighted by molar-refractivity contribution is 5.83. The molecule has 2 fully saturated rings. The second kappa shape index (κ2) is 5.43. The largest absolute Gasteiger partial charge is 0.388 e. The first-order chi connectivity index (χ1) is 10.3. The maximum absolute atomic E-state index is 10.6.